The largest absolute Gasteiger partial charge is 0.507 e. The molecular formula is C52H53N3O4S3. The third-order valence-corrected chi connectivity index (χ3v) is 13.8. The number of aryl methyl sites for hydroxylation is 4. The molecule has 3 aromatic heterocycles. The Morgan fingerprint density at radius 1 is 0.355 bits per heavy atom. The summed E-state index contributed by atoms with van der Waals surface area (Å²) in [4.78, 5) is 18.6. The van der Waals surface area contributed by atoms with Gasteiger partial charge in [-0.15, -0.1) is 35.3 Å². The fourth-order valence-electron chi connectivity index (χ4n) is 7.43. The lowest BCUT2D eigenvalue weighted by Crippen LogP contribution is -1.99. The van der Waals surface area contributed by atoms with E-state index in [9.17, 15) is 20.4 Å². The Bertz CT molecular complexity index is 2590. The van der Waals surface area contributed by atoms with Crippen LogP contribution in [0.4, 0.5) is 0 Å². The highest BCUT2D eigenvalue weighted by molar-refractivity contribution is 7.99. The summed E-state index contributed by atoms with van der Waals surface area (Å²) in [6.07, 6.45) is 2.92. The lowest BCUT2D eigenvalue weighted by molar-refractivity contribution is 0.476. The molecule has 0 bridgehead atoms. The Morgan fingerprint density at radius 3 is 1.00 bits per heavy atom. The predicted octanol–water partition coefficient (Wildman–Crippen LogP) is 14.4. The van der Waals surface area contributed by atoms with Gasteiger partial charge in [0.15, 0.2) is 0 Å². The lowest BCUT2D eigenvalue weighted by Gasteiger charge is -2.19. The van der Waals surface area contributed by atoms with Crippen LogP contribution < -0.4 is 0 Å². The maximum Gasteiger partial charge on any atom is 0.125 e. The summed E-state index contributed by atoms with van der Waals surface area (Å²) >= 11 is 5.14. The van der Waals surface area contributed by atoms with Crippen molar-refractivity contribution in [2.45, 2.75) is 82.4 Å². The quantitative estimate of drug-likeness (QED) is 0.0741. The Labute approximate surface area is 378 Å². The number of pyridine rings is 3. The lowest BCUT2D eigenvalue weighted by atomic mass is 9.94. The van der Waals surface area contributed by atoms with E-state index in [0.717, 1.165) is 73.5 Å². The van der Waals surface area contributed by atoms with Crippen LogP contribution in [0.5, 0.6) is 23.0 Å². The van der Waals surface area contributed by atoms with Gasteiger partial charge in [-0.1, -0.05) is 32.9 Å². The van der Waals surface area contributed by atoms with Gasteiger partial charge in [0.05, 0.1) is 45.3 Å². The van der Waals surface area contributed by atoms with Crippen LogP contribution in [0.15, 0.2) is 112 Å². The fraction of sp³-hybridized carbons (Fsp3) is 0.250. The third-order valence-electron chi connectivity index (χ3n) is 10.3. The van der Waals surface area contributed by atoms with Gasteiger partial charge in [0.25, 0.3) is 0 Å². The summed E-state index contributed by atoms with van der Waals surface area (Å²) in [5.74, 6) is 3.08. The van der Waals surface area contributed by atoms with E-state index < -0.39 is 0 Å². The van der Waals surface area contributed by atoms with Crippen LogP contribution >= 0.6 is 35.3 Å². The van der Waals surface area contributed by atoms with Gasteiger partial charge in [-0.3, -0.25) is 0 Å². The van der Waals surface area contributed by atoms with Crippen LogP contribution in [0.2, 0.25) is 0 Å². The maximum atomic E-state index is 12.0. The first-order chi connectivity index (χ1) is 29.8. The molecule has 0 saturated carbocycles. The number of rotatable bonds is 15. The highest BCUT2D eigenvalue weighted by atomic mass is 32.2. The van der Waals surface area contributed by atoms with E-state index in [1.54, 1.807) is 59.6 Å². The molecule has 318 valence electrons. The number of thioether (sulfide) groups is 3. The molecule has 10 heteroatoms. The number of aromatic nitrogens is 3. The smallest absolute Gasteiger partial charge is 0.125 e. The summed E-state index contributed by atoms with van der Waals surface area (Å²) in [7, 11) is 0. The number of hydrogen-bond donors (Lipinski definition) is 4. The summed E-state index contributed by atoms with van der Waals surface area (Å²) in [6.45, 7) is 14.2. The number of aromatic hydroxyl groups is 4. The van der Waals surface area contributed by atoms with Gasteiger partial charge in [0.2, 0.25) is 0 Å². The molecule has 62 heavy (non-hydrogen) atoms. The summed E-state index contributed by atoms with van der Waals surface area (Å²) in [5, 5.41) is 46.2. The maximum absolute atomic E-state index is 12.0. The molecule has 0 unspecified atom stereocenters. The second-order valence-electron chi connectivity index (χ2n) is 15.7. The van der Waals surface area contributed by atoms with Crippen molar-refractivity contribution < 1.29 is 20.4 Å². The van der Waals surface area contributed by atoms with Gasteiger partial charge in [-0.25, -0.2) is 15.0 Å². The van der Waals surface area contributed by atoms with E-state index in [-0.39, 0.29) is 23.0 Å². The van der Waals surface area contributed by atoms with E-state index in [1.807, 2.05) is 100 Å². The van der Waals surface area contributed by atoms with Gasteiger partial charge in [-0.05, 0) is 171 Å². The van der Waals surface area contributed by atoms with Crippen LogP contribution in [0.1, 0.15) is 62.3 Å². The second kappa shape index (κ2) is 19.7. The molecule has 0 spiro atoms. The second-order valence-corrected chi connectivity index (χ2v) is 19.2. The van der Waals surface area contributed by atoms with E-state index >= 15 is 0 Å². The van der Waals surface area contributed by atoms with Crippen molar-refractivity contribution in [1.82, 2.24) is 15.0 Å². The number of phenolic OH excluding ortho intramolecular Hbond substituents is 4. The fourth-order valence-corrected chi connectivity index (χ4v) is 9.92. The average Bonchev–Trinajstić information content (AvgIpc) is 3.23. The SMILES string of the molecule is CCCSc1cc(-c2ccc(C)cc2O)nc(-c2cc(C)cc(O)c2-c2cc(SCCC)cc(-c3c(O)cc(C)cc3-c3cc(SCCC)cc(-c4ccc(C)cc4O)n3)n2)c1. The molecule has 7 aromatic rings. The molecule has 0 radical (unpaired) electrons. The standard InChI is InChI=1S/C52H53N3O4S3/c1-8-15-60-34-24-41(37-13-11-30(4)20-47(37)56)53-43(26-34)39-18-32(6)22-49(58)51(39)45-28-36(62-17-10-3)29-46(55-45)52-40(19-33(7)23-50(52)59)44-27-35(61-16-9-2)25-42(54-44)38-14-12-31(5)21-48(38)57/h11-14,18-29,56-59H,8-10,15-17H2,1-7H3. The predicted molar refractivity (Wildman–Crippen MR) is 261 cm³/mol. The Hall–Kier alpha value is -5.42. The van der Waals surface area contributed by atoms with E-state index in [0.29, 0.717) is 67.5 Å². The minimum absolute atomic E-state index is 0.0578. The van der Waals surface area contributed by atoms with E-state index in [2.05, 4.69) is 20.8 Å². The minimum Gasteiger partial charge on any atom is -0.507 e. The van der Waals surface area contributed by atoms with Crippen LogP contribution in [0, 0.1) is 27.7 Å². The van der Waals surface area contributed by atoms with Gasteiger partial charge in [0, 0.05) is 36.9 Å². The first-order valence-corrected chi connectivity index (χ1v) is 24.0. The zero-order chi connectivity index (χ0) is 44.1. The van der Waals surface area contributed by atoms with Crippen molar-refractivity contribution in [2.24, 2.45) is 0 Å². The average molecular weight is 880 g/mol. The van der Waals surface area contributed by atoms with Crippen LogP contribution in [0.3, 0.4) is 0 Å². The normalized spacial score (nSPS) is 11.3. The van der Waals surface area contributed by atoms with Crippen molar-refractivity contribution in [3.63, 3.8) is 0 Å². The molecule has 7 nitrogen and oxygen atoms in total. The van der Waals surface area contributed by atoms with Crippen molar-refractivity contribution in [1.29, 1.82) is 0 Å². The van der Waals surface area contributed by atoms with Crippen molar-refractivity contribution in [3.05, 3.63) is 119 Å². The van der Waals surface area contributed by atoms with Crippen molar-refractivity contribution >= 4 is 35.3 Å². The molecule has 0 aliphatic rings. The minimum atomic E-state index is 0.0578. The van der Waals surface area contributed by atoms with Crippen LogP contribution in [-0.4, -0.2) is 52.6 Å². The molecule has 0 aliphatic heterocycles. The first-order valence-electron chi connectivity index (χ1n) is 21.1. The van der Waals surface area contributed by atoms with Gasteiger partial charge in [0.1, 0.15) is 23.0 Å². The molecule has 0 saturated heterocycles. The molecule has 0 atom stereocenters. The van der Waals surface area contributed by atoms with Gasteiger partial charge in [-0.2, -0.15) is 0 Å². The van der Waals surface area contributed by atoms with Gasteiger partial charge >= 0.3 is 0 Å². The highest BCUT2D eigenvalue weighted by Gasteiger charge is 2.23. The molecular weight excluding hydrogens is 827 g/mol. The molecule has 0 amide bonds. The molecule has 0 fully saturated rings. The van der Waals surface area contributed by atoms with E-state index in [1.165, 1.54) is 0 Å². The number of nitrogens with zero attached hydrogens (tertiary/aromatic N) is 3. The highest BCUT2D eigenvalue weighted by Crippen LogP contribution is 2.46. The first kappa shape index (κ1) is 44.6. The number of hydrogen-bond acceptors (Lipinski definition) is 10. The van der Waals surface area contributed by atoms with Gasteiger partial charge < -0.3 is 20.4 Å². The molecule has 4 N–H and O–H groups in total. The molecule has 3 heterocycles. The van der Waals surface area contributed by atoms with Crippen molar-refractivity contribution in [2.75, 3.05) is 17.3 Å². The van der Waals surface area contributed by atoms with E-state index in [4.69, 9.17) is 15.0 Å². The Kier molecular flexibility index (Phi) is 14.2. The van der Waals surface area contributed by atoms with Crippen LogP contribution in [-0.2, 0) is 0 Å². The number of benzene rings is 4. The summed E-state index contributed by atoms with van der Waals surface area (Å²) in [5.41, 5.74) is 10.9. The number of phenols is 4. The molecule has 0 aliphatic carbocycles. The third kappa shape index (κ3) is 10.1. The van der Waals surface area contributed by atoms with Crippen molar-refractivity contribution in [3.8, 4) is 90.5 Å². The molecule has 7 rings (SSSR count). The Morgan fingerprint density at radius 2 is 0.661 bits per heavy atom. The molecule has 4 aromatic carbocycles. The zero-order valence-electron chi connectivity index (χ0n) is 36.3. The monoisotopic (exact) mass is 879 g/mol. The zero-order valence-corrected chi connectivity index (χ0v) is 38.8. The van der Waals surface area contributed by atoms with Crippen LogP contribution in [0.25, 0.3) is 67.5 Å². The Balaban J connectivity index is 1.47. The topological polar surface area (TPSA) is 120 Å². The summed E-state index contributed by atoms with van der Waals surface area (Å²) < 4.78 is 0. The summed E-state index contributed by atoms with van der Waals surface area (Å²) in [6, 6.07) is 30.9.